The molecule has 2 aromatic carbocycles. The summed E-state index contributed by atoms with van der Waals surface area (Å²) in [6.07, 6.45) is 1.73. The zero-order valence-electron chi connectivity index (χ0n) is 16.4. The summed E-state index contributed by atoms with van der Waals surface area (Å²) in [5.74, 6) is -0.203. The molecule has 0 aliphatic carbocycles. The largest absolute Gasteiger partial charge is 0.344 e. The number of aromatic nitrogens is 1. The second kappa shape index (κ2) is 8.73. The van der Waals surface area contributed by atoms with E-state index in [9.17, 15) is 4.79 Å². The lowest BCUT2D eigenvalue weighted by molar-refractivity contribution is 0.0935. The number of hydrogen-bond donors (Lipinski definition) is 1. The van der Waals surface area contributed by atoms with Crippen LogP contribution in [0.4, 0.5) is 0 Å². The Bertz CT molecular complexity index is 1190. The second-order valence-corrected chi connectivity index (χ2v) is 7.87. The molecule has 0 radical (unpaired) electrons. The van der Waals surface area contributed by atoms with Crippen molar-refractivity contribution in [3.05, 3.63) is 101 Å². The molecule has 4 aromatic rings. The molecular weight excluding hydrogens is 390 g/mol. The van der Waals surface area contributed by atoms with Gasteiger partial charge in [0.05, 0.1) is 17.7 Å². The summed E-state index contributed by atoms with van der Waals surface area (Å²) in [5.41, 5.74) is 5.05. The van der Waals surface area contributed by atoms with Gasteiger partial charge in [-0.3, -0.25) is 9.78 Å². The summed E-state index contributed by atoms with van der Waals surface area (Å²) in [6.45, 7) is 1.95. The van der Waals surface area contributed by atoms with Crippen molar-refractivity contribution >= 4 is 17.2 Å². The van der Waals surface area contributed by atoms with Crippen LogP contribution in [0.2, 0.25) is 0 Å². The maximum absolute atomic E-state index is 12.6. The Hall–Kier alpha value is -3.75. The van der Waals surface area contributed by atoms with E-state index >= 15 is 0 Å². The summed E-state index contributed by atoms with van der Waals surface area (Å²) < 4.78 is 0. The summed E-state index contributed by atoms with van der Waals surface area (Å²) in [6, 6.07) is 25.2. The average Bonchev–Trinajstić information content (AvgIpc) is 3.34. The molecule has 0 spiro atoms. The van der Waals surface area contributed by atoms with Gasteiger partial charge in [-0.1, -0.05) is 42.5 Å². The van der Waals surface area contributed by atoms with Crippen molar-refractivity contribution < 1.29 is 4.79 Å². The van der Waals surface area contributed by atoms with Gasteiger partial charge in [0.1, 0.15) is 5.69 Å². The van der Waals surface area contributed by atoms with Gasteiger partial charge in [0.25, 0.3) is 5.91 Å². The van der Waals surface area contributed by atoms with Gasteiger partial charge < -0.3 is 5.32 Å². The standard InChI is InChI=1S/C25H19N3OS/c1-17(19-7-9-20(10-8-19)21-5-2-4-18(14-21)15-26)28-25(29)23-12-11-22(16-27-23)24-6-3-13-30-24/h2-14,16-17H,1H3,(H,28,29). The Balaban J connectivity index is 1.43. The molecule has 5 heteroatoms. The van der Waals surface area contributed by atoms with E-state index < -0.39 is 0 Å². The van der Waals surface area contributed by atoms with Crippen molar-refractivity contribution in [1.82, 2.24) is 10.3 Å². The molecule has 2 aromatic heterocycles. The Morgan fingerprint density at radius 3 is 2.47 bits per heavy atom. The average molecular weight is 410 g/mol. The fourth-order valence-corrected chi connectivity index (χ4v) is 3.92. The van der Waals surface area contributed by atoms with Crippen LogP contribution in [0.25, 0.3) is 21.6 Å². The van der Waals surface area contributed by atoms with Crippen molar-refractivity contribution in [2.24, 2.45) is 0 Å². The molecule has 0 aliphatic heterocycles. The molecule has 0 fully saturated rings. The minimum atomic E-state index is -0.203. The first-order valence-electron chi connectivity index (χ1n) is 9.55. The van der Waals surface area contributed by atoms with E-state index in [1.165, 1.54) is 0 Å². The first kappa shape index (κ1) is 19.6. The third kappa shape index (κ3) is 4.29. The Labute approximate surface area is 179 Å². The molecule has 2 heterocycles. The number of benzene rings is 2. The van der Waals surface area contributed by atoms with Crippen molar-refractivity contribution in [1.29, 1.82) is 5.26 Å². The fourth-order valence-electron chi connectivity index (χ4n) is 3.20. The summed E-state index contributed by atoms with van der Waals surface area (Å²) in [7, 11) is 0. The molecule has 1 unspecified atom stereocenters. The highest BCUT2D eigenvalue weighted by Crippen LogP contribution is 2.25. The van der Waals surface area contributed by atoms with Crippen molar-refractivity contribution in [2.45, 2.75) is 13.0 Å². The van der Waals surface area contributed by atoms with Gasteiger partial charge in [0.2, 0.25) is 0 Å². The molecule has 0 saturated carbocycles. The minimum absolute atomic E-state index is 0.157. The van der Waals surface area contributed by atoms with Gasteiger partial charge in [-0.2, -0.15) is 5.26 Å². The van der Waals surface area contributed by atoms with E-state index in [1.807, 2.05) is 73.0 Å². The fraction of sp³-hybridized carbons (Fsp3) is 0.0800. The van der Waals surface area contributed by atoms with Gasteiger partial charge >= 0.3 is 0 Å². The van der Waals surface area contributed by atoms with Gasteiger partial charge in [-0.05, 0) is 59.3 Å². The molecule has 4 rings (SSSR count). The highest BCUT2D eigenvalue weighted by atomic mass is 32.1. The number of thiophene rings is 1. The third-order valence-corrected chi connectivity index (χ3v) is 5.80. The molecule has 4 nitrogen and oxygen atoms in total. The Kier molecular flexibility index (Phi) is 5.69. The molecule has 1 N–H and O–H groups in total. The highest BCUT2D eigenvalue weighted by molar-refractivity contribution is 7.13. The lowest BCUT2D eigenvalue weighted by Crippen LogP contribution is -2.27. The Morgan fingerprint density at radius 2 is 1.80 bits per heavy atom. The van der Waals surface area contributed by atoms with Crippen molar-refractivity contribution in [3.8, 4) is 27.6 Å². The van der Waals surface area contributed by atoms with Crippen LogP contribution in [-0.2, 0) is 0 Å². The first-order chi connectivity index (χ1) is 14.6. The number of carbonyl (C=O) groups excluding carboxylic acids is 1. The summed E-state index contributed by atoms with van der Waals surface area (Å²) >= 11 is 1.64. The predicted molar refractivity (Wildman–Crippen MR) is 120 cm³/mol. The van der Waals surface area contributed by atoms with Crippen LogP contribution in [0.3, 0.4) is 0 Å². The van der Waals surface area contributed by atoms with Gasteiger partial charge in [-0.15, -0.1) is 11.3 Å². The molecule has 0 aliphatic rings. The Morgan fingerprint density at radius 1 is 1.00 bits per heavy atom. The molecule has 30 heavy (non-hydrogen) atoms. The summed E-state index contributed by atoms with van der Waals surface area (Å²) in [5, 5.41) is 14.1. The number of nitriles is 1. The lowest BCUT2D eigenvalue weighted by atomic mass is 10.00. The van der Waals surface area contributed by atoms with E-state index in [1.54, 1.807) is 29.7 Å². The molecular formula is C25H19N3OS. The van der Waals surface area contributed by atoms with E-state index in [4.69, 9.17) is 5.26 Å². The predicted octanol–water partition coefficient (Wildman–Crippen LogP) is 5.84. The summed E-state index contributed by atoms with van der Waals surface area (Å²) in [4.78, 5) is 18.0. The van der Waals surface area contributed by atoms with E-state index in [-0.39, 0.29) is 11.9 Å². The number of hydrogen-bond acceptors (Lipinski definition) is 4. The maximum atomic E-state index is 12.6. The monoisotopic (exact) mass is 409 g/mol. The van der Waals surface area contributed by atoms with Crippen LogP contribution >= 0.6 is 11.3 Å². The normalized spacial score (nSPS) is 11.5. The third-order valence-electron chi connectivity index (χ3n) is 4.89. The van der Waals surface area contributed by atoms with Gasteiger partial charge in [0.15, 0.2) is 0 Å². The van der Waals surface area contributed by atoms with Crippen LogP contribution < -0.4 is 5.32 Å². The molecule has 0 bridgehead atoms. The van der Waals surface area contributed by atoms with Crippen LogP contribution in [0, 0.1) is 11.3 Å². The molecule has 1 atom stereocenters. The van der Waals surface area contributed by atoms with Crippen molar-refractivity contribution in [3.63, 3.8) is 0 Å². The molecule has 1 amide bonds. The molecule has 146 valence electrons. The molecule has 0 saturated heterocycles. The van der Waals surface area contributed by atoms with Gasteiger partial charge in [0, 0.05) is 16.6 Å². The number of nitrogens with one attached hydrogen (secondary N) is 1. The second-order valence-electron chi connectivity index (χ2n) is 6.92. The first-order valence-corrected chi connectivity index (χ1v) is 10.4. The minimum Gasteiger partial charge on any atom is -0.344 e. The number of pyridine rings is 1. The zero-order chi connectivity index (χ0) is 20.9. The van der Waals surface area contributed by atoms with Crippen molar-refractivity contribution in [2.75, 3.05) is 0 Å². The lowest BCUT2D eigenvalue weighted by Gasteiger charge is -2.15. The zero-order valence-corrected chi connectivity index (χ0v) is 17.2. The van der Waals surface area contributed by atoms with Crippen LogP contribution in [0.15, 0.2) is 84.4 Å². The number of nitrogens with zero attached hydrogens (tertiary/aromatic N) is 2. The van der Waals surface area contributed by atoms with E-state index in [2.05, 4.69) is 16.4 Å². The number of rotatable bonds is 5. The SMILES string of the molecule is CC(NC(=O)c1ccc(-c2cccs2)cn1)c1ccc(-c2cccc(C#N)c2)cc1. The highest BCUT2D eigenvalue weighted by Gasteiger charge is 2.13. The van der Waals surface area contributed by atoms with E-state index in [0.717, 1.165) is 27.1 Å². The number of amides is 1. The van der Waals surface area contributed by atoms with E-state index in [0.29, 0.717) is 11.3 Å². The smallest absolute Gasteiger partial charge is 0.270 e. The van der Waals surface area contributed by atoms with Crippen LogP contribution in [-0.4, -0.2) is 10.9 Å². The van der Waals surface area contributed by atoms with Crippen LogP contribution in [0.1, 0.15) is 34.6 Å². The quantitative estimate of drug-likeness (QED) is 0.450. The maximum Gasteiger partial charge on any atom is 0.270 e. The van der Waals surface area contributed by atoms with Crippen LogP contribution in [0.5, 0.6) is 0 Å². The number of carbonyl (C=O) groups is 1. The van der Waals surface area contributed by atoms with Gasteiger partial charge in [-0.25, -0.2) is 0 Å². The topological polar surface area (TPSA) is 65.8 Å².